The Hall–Kier alpha value is -1.89. The highest BCUT2D eigenvalue weighted by Gasteiger charge is 2.31. The molecule has 2 aromatic rings. The van der Waals surface area contributed by atoms with Gasteiger partial charge in [0, 0.05) is 57.1 Å². The van der Waals surface area contributed by atoms with E-state index in [4.69, 9.17) is 43.7 Å². The number of benzene rings is 2. The lowest BCUT2D eigenvalue weighted by Gasteiger charge is -2.31. The Bertz CT molecular complexity index is 1180. The number of carboxylic acid groups (broad SMARTS) is 1. The van der Waals surface area contributed by atoms with Gasteiger partial charge in [-0.25, -0.2) is 4.39 Å². The molecule has 1 unspecified atom stereocenters. The van der Waals surface area contributed by atoms with Crippen LogP contribution in [0.4, 0.5) is 4.39 Å². The maximum Gasteiger partial charge on any atom is 0.300 e. The lowest BCUT2D eigenvalue weighted by Crippen LogP contribution is -2.37. The third kappa shape index (κ3) is 10.9. The number of nitrogens with zero attached hydrogens (tertiary/aromatic N) is 1. The number of primary amides is 1. The predicted octanol–water partition coefficient (Wildman–Crippen LogP) is 5.78. The molecule has 5 rings (SSSR count). The maximum absolute atomic E-state index is 14.3. The summed E-state index contributed by atoms with van der Waals surface area (Å²) in [5.41, 5.74) is 6.08. The molecule has 2 saturated carbocycles. The first-order valence-electron chi connectivity index (χ1n) is 12.4. The molecule has 2 aromatic carbocycles. The fourth-order valence-electron chi connectivity index (χ4n) is 3.78. The number of rotatable bonds is 7. The van der Waals surface area contributed by atoms with Gasteiger partial charge in [0.1, 0.15) is 5.82 Å². The molecule has 3 N–H and O–H groups in total. The van der Waals surface area contributed by atoms with Gasteiger partial charge in [-0.1, -0.05) is 34.3 Å². The van der Waals surface area contributed by atoms with Crippen LogP contribution in [0.2, 0.25) is 10.0 Å². The molecule has 1 aliphatic heterocycles. The van der Waals surface area contributed by atoms with Crippen molar-refractivity contribution in [1.82, 2.24) is 5.06 Å². The summed E-state index contributed by atoms with van der Waals surface area (Å²) >= 11 is 12.2. The van der Waals surface area contributed by atoms with E-state index in [2.05, 4.69) is 0 Å². The Morgan fingerprint density at radius 3 is 2.08 bits per heavy atom. The van der Waals surface area contributed by atoms with Crippen molar-refractivity contribution in [2.75, 3.05) is 13.1 Å². The summed E-state index contributed by atoms with van der Waals surface area (Å²) in [6.45, 7) is 2.55. The number of carbonyl (C=O) groups excluding carboxylic acids is 1. The average Bonchev–Trinajstić information content (AvgIpc) is 3.73. The highest BCUT2D eigenvalue weighted by atomic mass is 35.5. The molecule has 0 bridgehead atoms. The molecule has 214 valence electrons. The SMILES string of the molecule is CC(=O)O.NC(=O)c1cc(C2CC2)c(ON2CCC(Sc3cc(Cl)cc(Cl)c3)CC2)cc1F.O=S([O-])C1CC1. The van der Waals surface area contributed by atoms with Gasteiger partial charge in [-0.15, -0.1) is 16.8 Å². The van der Waals surface area contributed by atoms with Gasteiger partial charge in [-0.3, -0.25) is 13.8 Å². The molecule has 39 heavy (non-hydrogen) atoms. The number of halogens is 3. The number of thioether (sulfide) groups is 1. The molecule has 2 aliphatic carbocycles. The first kappa shape index (κ1) is 31.6. The van der Waals surface area contributed by atoms with E-state index in [-0.39, 0.29) is 10.8 Å². The minimum Gasteiger partial charge on any atom is -0.772 e. The van der Waals surface area contributed by atoms with E-state index in [1.54, 1.807) is 23.9 Å². The van der Waals surface area contributed by atoms with E-state index >= 15 is 0 Å². The van der Waals surface area contributed by atoms with Crippen molar-refractivity contribution in [3.05, 3.63) is 57.3 Å². The summed E-state index contributed by atoms with van der Waals surface area (Å²) < 4.78 is 33.8. The van der Waals surface area contributed by atoms with Crippen molar-refractivity contribution < 1.29 is 32.7 Å². The summed E-state index contributed by atoms with van der Waals surface area (Å²) in [4.78, 5) is 27.5. The van der Waals surface area contributed by atoms with Crippen molar-refractivity contribution in [2.24, 2.45) is 5.73 Å². The number of aliphatic carboxylic acids is 1. The summed E-state index contributed by atoms with van der Waals surface area (Å²) in [5, 5.41) is 11.0. The van der Waals surface area contributed by atoms with Gasteiger partial charge in [0.25, 0.3) is 11.9 Å². The van der Waals surface area contributed by atoms with Crippen LogP contribution in [-0.4, -0.2) is 54.4 Å². The van der Waals surface area contributed by atoms with Gasteiger partial charge < -0.3 is 20.2 Å². The molecule has 1 heterocycles. The molecule has 8 nitrogen and oxygen atoms in total. The van der Waals surface area contributed by atoms with Crippen LogP contribution in [0.15, 0.2) is 35.2 Å². The lowest BCUT2D eigenvalue weighted by molar-refractivity contribution is -0.134. The number of piperidine rings is 1. The van der Waals surface area contributed by atoms with Crippen LogP contribution in [0.3, 0.4) is 0 Å². The zero-order valence-corrected chi connectivity index (χ0v) is 24.4. The fraction of sp³-hybridized carbons (Fsp3) is 0.462. The minimum atomic E-state index is -1.76. The van der Waals surface area contributed by atoms with Crippen molar-refractivity contribution in [3.63, 3.8) is 0 Å². The number of carbonyl (C=O) groups is 2. The van der Waals surface area contributed by atoms with Gasteiger partial charge in [-0.05, 0) is 68.7 Å². The summed E-state index contributed by atoms with van der Waals surface area (Å²) in [5.74, 6) is -1.43. The molecule has 0 radical (unpaired) electrons. The van der Waals surface area contributed by atoms with Crippen LogP contribution in [0.25, 0.3) is 0 Å². The molecule has 13 heteroatoms. The summed E-state index contributed by atoms with van der Waals surface area (Å²) in [6.07, 6.45) is 5.65. The van der Waals surface area contributed by atoms with E-state index in [1.807, 2.05) is 17.2 Å². The van der Waals surface area contributed by atoms with E-state index in [9.17, 15) is 17.9 Å². The number of carboxylic acids is 1. The zero-order chi connectivity index (χ0) is 28.7. The maximum atomic E-state index is 14.3. The Morgan fingerprint density at radius 1 is 1.08 bits per heavy atom. The third-order valence-corrected chi connectivity index (χ3v) is 8.71. The van der Waals surface area contributed by atoms with Gasteiger partial charge >= 0.3 is 0 Å². The van der Waals surface area contributed by atoms with Crippen molar-refractivity contribution >= 4 is 57.9 Å². The minimum absolute atomic E-state index is 0.0185. The molecule has 1 amide bonds. The summed E-state index contributed by atoms with van der Waals surface area (Å²) in [6, 6.07) is 8.42. The number of hydrogen-bond donors (Lipinski definition) is 2. The molecular formula is C26H30Cl2FN2O6S2-. The monoisotopic (exact) mass is 619 g/mol. The predicted molar refractivity (Wildman–Crippen MR) is 150 cm³/mol. The van der Waals surface area contributed by atoms with Crippen LogP contribution in [0.5, 0.6) is 5.75 Å². The Balaban J connectivity index is 0.000000355. The molecule has 0 aromatic heterocycles. The second-order valence-electron chi connectivity index (χ2n) is 9.43. The van der Waals surface area contributed by atoms with Crippen LogP contribution in [0, 0.1) is 5.82 Å². The highest BCUT2D eigenvalue weighted by molar-refractivity contribution is 8.00. The number of amides is 1. The Kier molecular flexibility index (Phi) is 11.9. The van der Waals surface area contributed by atoms with Crippen LogP contribution >= 0.6 is 35.0 Å². The van der Waals surface area contributed by atoms with Crippen molar-refractivity contribution in [3.8, 4) is 5.75 Å². The smallest absolute Gasteiger partial charge is 0.300 e. The van der Waals surface area contributed by atoms with E-state index in [1.165, 1.54) is 6.07 Å². The number of nitrogens with two attached hydrogens (primary N) is 1. The van der Waals surface area contributed by atoms with Crippen molar-refractivity contribution in [2.45, 2.75) is 66.8 Å². The Labute approximate surface area is 243 Å². The van der Waals surface area contributed by atoms with E-state index in [0.29, 0.717) is 27.0 Å². The molecule has 0 spiro atoms. The second kappa shape index (κ2) is 14.7. The van der Waals surface area contributed by atoms with Crippen molar-refractivity contribution in [1.29, 1.82) is 0 Å². The first-order valence-corrected chi connectivity index (χ1v) is 15.2. The van der Waals surface area contributed by atoms with Gasteiger partial charge in [0.2, 0.25) is 0 Å². The topological polar surface area (TPSA) is 133 Å². The quantitative estimate of drug-likeness (QED) is 0.373. The Morgan fingerprint density at radius 2 is 1.64 bits per heavy atom. The lowest BCUT2D eigenvalue weighted by atomic mass is 10.0. The van der Waals surface area contributed by atoms with E-state index < -0.39 is 28.8 Å². The van der Waals surface area contributed by atoms with Crippen LogP contribution in [0.1, 0.15) is 67.3 Å². The second-order valence-corrected chi connectivity index (χ2v) is 12.9. The number of hydrogen-bond acceptors (Lipinski definition) is 7. The van der Waals surface area contributed by atoms with Gasteiger partial charge in [0.15, 0.2) is 5.75 Å². The summed E-state index contributed by atoms with van der Waals surface area (Å²) in [7, 11) is 0. The average molecular weight is 621 g/mol. The largest absolute Gasteiger partial charge is 0.772 e. The number of hydroxylamine groups is 2. The molecule has 3 fully saturated rings. The normalized spacial score (nSPS) is 18.2. The molecular weight excluding hydrogens is 590 g/mol. The van der Waals surface area contributed by atoms with Gasteiger partial charge in [-0.2, -0.15) is 0 Å². The zero-order valence-electron chi connectivity index (χ0n) is 21.2. The third-order valence-electron chi connectivity index (χ3n) is 5.95. The molecule has 1 saturated heterocycles. The van der Waals surface area contributed by atoms with Gasteiger partial charge in [0.05, 0.1) is 5.56 Å². The van der Waals surface area contributed by atoms with E-state index in [0.717, 1.165) is 69.0 Å². The highest BCUT2D eigenvalue weighted by Crippen LogP contribution is 2.45. The fourth-order valence-corrected chi connectivity index (χ4v) is 6.18. The molecule has 3 aliphatic rings. The van der Waals surface area contributed by atoms with Crippen LogP contribution < -0.4 is 10.6 Å². The standard InChI is InChI=1S/C21H21Cl2FN2O2S.C3H6O2S.C2H4O2/c22-13-7-14(23)9-16(8-13)29-15-3-5-26(6-4-15)28-20-11-19(24)18(21(25)27)10-17(20)12-1-2-12;4-6(5)3-1-2-3;1-2(3)4/h7-12,15H,1-6H2,(H2,25,27);3H,1-2H2,(H,4,5);1H3,(H,3,4)/p-1. The molecule has 1 atom stereocenters. The first-order chi connectivity index (χ1) is 18.4. The van der Waals surface area contributed by atoms with Crippen LogP contribution in [-0.2, 0) is 15.9 Å².